The molecule has 1 aromatic rings. The quantitative estimate of drug-likeness (QED) is 0.777. The van der Waals surface area contributed by atoms with Gasteiger partial charge in [-0.05, 0) is 36.6 Å². The summed E-state index contributed by atoms with van der Waals surface area (Å²) >= 11 is 0. The summed E-state index contributed by atoms with van der Waals surface area (Å²) in [7, 11) is -2.42. The Bertz CT molecular complexity index is 804. The fourth-order valence-electron chi connectivity index (χ4n) is 4.24. The average molecular weight is 383 g/mol. The Morgan fingerprint density at radius 3 is 2.81 bits per heavy atom. The first-order valence-corrected chi connectivity index (χ1v) is 10.2. The normalized spacial score (nSPS) is 27.3. The van der Waals surface area contributed by atoms with Crippen LogP contribution >= 0.6 is 0 Å². The van der Waals surface area contributed by atoms with Crippen molar-refractivity contribution in [3.8, 4) is 5.75 Å². The summed E-state index contributed by atoms with van der Waals surface area (Å²) in [4.78, 5) is 11.1. The number of benzene rings is 1. The Morgan fingerprint density at radius 2 is 2.15 bits per heavy atom. The molecule has 0 amide bonds. The molecule has 1 saturated heterocycles. The van der Waals surface area contributed by atoms with Crippen LogP contribution in [0.25, 0.3) is 0 Å². The van der Waals surface area contributed by atoms with Gasteiger partial charge in [-0.15, -0.1) is 0 Å². The lowest BCUT2D eigenvalue weighted by atomic mass is 9.55. The van der Waals surface area contributed by atoms with Crippen LogP contribution in [0.2, 0.25) is 0 Å². The number of fused-ring (bicyclic) bond motifs is 1. The van der Waals surface area contributed by atoms with Gasteiger partial charge >= 0.3 is 5.97 Å². The molecule has 1 aliphatic carbocycles. The van der Waals surface area contributed by atoms with Crippen molar-refractivity contribution in [1.29, 1.82) is 0 Å². The van der Waals surface area contributed by atoms with Gasteiger partial charge in [-0.3, -0.25) is 4.79 Å². The Hall–Kier alpha value is -1.64. The number of rotatable bonds is 6. The number of hydrogen-bond acceptors (Lipinski definition) is 5. The molecule has 1 aliphatic heterocycles. The van der Waals surface area contributed by atoms with E-state index in [9.17, 15) is 13.2 Å². The molecule has 0 bridgehead atoms. The third-order valence-electron chi connectivity index (χ3n) is 5.51. The van der Waals surface area contributed by atoms with Crippen LogP contribution in [0.3, 0.4) is 0 Å². The smallest absolute Gasteiger partial charge is 0.307 e. The number of nitrogens with one attached hydrogen (secondary N) is 1. The lowest BCUT2D eigenvalue weighted by Crippen LogP contribution is -2.70. The molecular formula is C18H25NO6S. The molecule has 1 aromatic carbocycles. The van der Waals surface area contributed by atoms with Crippen LogP contribution in [0.15, 0.2) is 23.1 Å². The Labute approximate surface area is 153 Å². The molecule has 3 atom stereocenters. The second kappa shape index (κ2) is 6.83. The monoisotopic (exact) mass is 383 g/mol. The van der Waals surface area contributed by atoms with Crippen LogP contribution in [-0.4, -0.2) is 45.4 Å². The van der Waals surface area contributed by atoms with Crippen LogP contribution in [-0.2, 0) is 26.0 Å². The maximum atomic E-state index is 13.0. The molecule has 1 heterocycles. The molecule has 0 aromatic heterocycles. The highest BCUT2D eigenvalue weighted by molar-refractivity contribution is 7.89. The van der Waals surface area contributed by atoms with Gasteiger partial charge in [0, 0.05) is 24.0 Å². The number of methoxy groups -OCH3 is 1. The van der Waals surface area contributed by atoms with E-state index in [2.05, 4.69) is 4.72 Å². The summed E-state index contributed by atoms with van der Waals surface area (Å²) in [6.45, 7) is 4.71. The first-order chi connectivity index (χ1) is 12.2. The van der Waals surface area contributed by atoms with E-state index in [1.54, 1.807) is 0 Å². The second-order valence-electron chi connectivity index (χ2n) is 7.56. The van der Waals surface area contributed by atoms with Gasteiger partial charge in [0.25, 0.3) is 0 Å². The summed E-state index contributed by atoms with van der Waals surface area (Å²) in [5.41, 5.74) is -0.102. The van der Waals surface area contributed by atoms with Crippen molar-refractivity contribution in [3.05, 3.63) is 23.8 Å². The first-order valence-electron chi connectivity index (χ1n) is 8.69. The van der Waals surface area contributed by atoms with Gasteiger partial charge in [0.2, 0.25) is 10.0 Å². The summed E-state index contributed by atoms with van der Waals surface area (Å²) < 4.78 is 39.8. The number of carboxylic acids is 1. The van der Waals surface area contributed by atoms with E-state index >= 15 is 0 Å². The molecule has 0 radical (unpaired) electrons. The molecule has 0 spiro atoms. The molecule has 2 N–H and O–H groups in total. The summed E-state index contributed by atoms with van der Waals surface area (Å²) in [5.74, 6) is -0.529. The summed E-state index contributed by atoms with van der Waals surface area (Å²) in [6.07, 6.45) is 1.50. The van der Waals surface area contributed by atoms with Crippen LogP contribution < -0.4 is 9.46 Å². The van der Waals surface area contributed by atoms with E-state index in [1.807, 2.05) is 13.8 Å². The average Bonchev–Trinajstić information content (AvgIpc) is 2.59. The molecule has 8 heteroatoms. The predicted octanol–water partition coefficient (Wildman–Crippen LogP) is 1.80. The molecule has 1 saturated carbocycles. The molecule has 2 aliphatic rings. The Morgan fingerprint density at radius 1 is 1.42 bits per heavy atom. The van der Waals surface area contributed by atoms with Crippen LogP contribution in [0.5, 0.6) is 5.75 Å². The van der Waals surface area contributed by atoms with Gasteiger partial charge in [-0.1, -0.05) is 13.8 Å². The van der Waals surface area contributed by atoms with Gasteiger partial charge in [-0.2, -0.15) is 0 Å². The van der Waals surface area contributed by atoms with Gasteiger partial charge in [-0.25, -0.2) is 13.1 Å². The Balaban J connectivity index is 1.90. The molecule has 7 nitrogen and oxygen atoms in total. The molecule has 3 unspecified atom stereocenters. The molecule has 2 fully saturated rings. The number of aliphatic carboxylic acids is 1. The van der Waals surface area contributed by atoms with E-state index in [-0.39, 0.29) is 33.9 Å². The number of carboxylic acid groups (broad SMARTS) is 1. The minimum Gasteiger partial charge on any atom is -0.497 e. The van der Waals surface area contributed by atoms with Crippen molar-refractivity contribution in [1.82, 2.24) is 4.72 Å². The van der Waals surface area contributed by atoms with Gasteiger partial charge in [0.1, 0.15) is 5.75 Å². The molecule has 3 rings (SSSR count). The van der Waals surface area contributed by atoms with Gasteiger partial charge in [0.15, 0.2) is 0 Å². The third kappa shape index (κ3) is 3.33. The predicted molar refractivity (Wildman–Crippen MR) is 94.7 cm³/mol. The van der Waals surface area contributed by atoms with Crippen molar-refractivity contribution in [2.75, 3.05) is 13.7 Å². The SMILES string of the molecule is COc1ccc(S(=O)(=O)NC2C3CCCOC3C2(C)C)c(CC(=O)O)c1. The molecule has 26 heavy (non-hydrogen) atoms. The van der Waals surface area contributed by atoms with Gasteiger partial charge < -0.3 is 14.6 Å². The van der Waals surface area contributed by atoms with Crippen molar-refractivity contribution >= 4 is 16.0 Å². The van der Waals surface area contributed by atoms with Crippen LogP contribution in [0, 0.1) is 11.3 Å². The minimum atomic E-state index is -3.87. The van der Waals surface area contributed by atoms with Gasteiger partial charge in [0.05, 0.1) is 24.5 Å². The zero-order valence-corrected chi connectivity index (χ0v) is 16.0. The zero-order chi connectivity index (χ0) is 19.1. The summed E-state index contributed by atoms with van der Waals surface area (Å²) in [6, 6.07) is 4.15. The minimum absolute atomic E-state index is 0.0170. The number of carbonyl (C=O) groups is 1. The third-order valence-corrected chi connectivity index (χ3v) is 7.05. The lowest BCUT2D eigenvalue weighted by Gasteiger charge is -2.59. The largest absolute Gasteiger partial charge is 0.497 e. The first kappa shape index (κ1) is 19.1. The topological polar surface area (TPSA) is 102 Å². The lowest BCUT2D eigenvalue weighted by molar-refractivity contribution is -0.187. The Kier molecular flexibility index (Phi) is 5.02. The highest BCUT2D eigenvalue weighted by Gasteiger charge is 2.59. The number of sulfonamides is 1. The van der Waals surface area contributed by atoms with E-state index in [0.717, 1.165) is 12.8 Å². The molecular weight excluding hydrogens is 358 g/mol. The standard InChI is InChI=1S/C18H25NO6S/c1-18(2)16(13-5-4-8-25-17(13)18)19-26(22,23)14-7-6-12(24-3)9-11(14)10-15(20)21/h6-7,9,13,16-17,19H,4-5,8,10H2,1-3H3,(H,20,21). The summed E-state index contributed by atoms with van der Waals surface area (Å²) in [5, 5.41) is 9.12. The van der Waals surface area contributed by atoms with Crippen molar-refractivity contribution in [2.45, 2.75) is 50.2 Å². The van der Waals surface area contributed by atoms with Crippen molar-refractivity contribution in [3.63, 3.8) is 0 Å². The fraction of sp³-hybridized carbons (Fsp3) is 0.611. The van der Waals surface area contributed by atoms with Crippen molar-refractivity contribution < 1.29 is 27.8 Å². The maximum Gasteiger partial charge on any atom is 0.307 e. The van der Waals surface area contributed by atoms with E-state index in [4.69, 9.17) is 14.6 Å². The number of hydrogen-bond donors (Lipinski definition) is 2. The fourth-order valence-corrected chi connectivity index (χ4v) is 5.90. The maximum absolute atomic E-state index is 13.0. The highest BCUT2D eigenvalue weighted by atomic mass is 32.2. The van der Waals surface area contributed by atoms with E-state index in [0.29, 0.717) is 12.4 Å². The van der Waals surface area contributed by atoms with Crippen LogP contribution in [0.4, 0.5) is 0 Å². The highest BCUT2D eigenvalue weighted by Crippen LogP contribution is 2.51. The van der Waals surface area contributed by atoms with E-state index in [1.165, 1.54) is 25.3 Å². The molecule has 144 valence electrons. The number of ether oxygens (including phenoxy) is 2. The van der Waals surface area contributed by atoms with Crippen LogP contribution in [0.1, 0.15) is 32.3 Å². The van der Waals surface area contributed by atoms with E-state index < -0.39 is 22.4 Å². The zero-order valence-electron chi connectivity index (χ0n) is 15.2. The second-order valence-corrected chi connectivity index (χ2v) is 9.24. The van der Waals surface area contributed by atoms with Crippen molar-refractivity contribution in [2.24, 2.45) is 11.3 Å².